The Labute approximate surface area is 69.3 Å². The van der Waals surface area contributed by atoms with E-state index in [2.05, 4.69) is 9.97 Å². The van der Waals surface area contributed by atoms with Crippen molar-refractivity contribution >= 4 is 11.8 Å². The van der Waals surface area contributed by atoms with Crippen molar-refractivity contribution in [3.63, 3.8) is 0 Å². The van der Waals surface area contributed by atoms with Crippen LogP contribution in [0.5, 0.6) is 0 Å². The molecule has 1 aromatic heterocycles. The molecule has 0 aliphatic heterocycles. The van der Waals surface area contributed by atoms with Crippen LogP contribution in [0.25, 0.3) is 0 Å². The smallest absolute Gasteiger partial charge is 0.187 e. The Morgan fingerprint density at radius 2 is 2.00 bits per heavy atom. The van der Waals surface area contributed by atoms with Crippen molar-refractivity contribution in [2.24, 2.45) is 0 Å². The first-order valence-electron chi connectivity index (χ1n) is 3.24. The van der Waals surface area contributed by atoms with Crippen molar-refractivity contribution in [2.75, 3.05) is 6.26 Å². The van der Waals surface area contributed by atoms with Crippen molar-refractivity contribution in [1.29, 1.82) is 0 Å². The highest BCUT2D eigenvalue weighted by Gasteiger charge is 2.02. The quantitative estimate of drug-likeness (QED) is 0.505. The van der Waals surface area contributed by atoms with E-state index in [1.54, 1.807) is 0 Å². The van der Waals surface area contributed by atoms with Crippen LogP contribution in [0, 0.1) is 0 Å². The first-order chi connectivity index (χ1) is 5.24. The predicted octanol–water partition coefficient (Wildman–Crippen LogP) is 2.23. The Hall–Kier alpha value is -0.640. The van der Waals surface area contributed by atoms with Gasteiger partial charge in [0.1, 0.15) is 6.17 Å². The van der Waals surface area contributed by atoms with Gasteiger partial charge in [0.2, 0.25) is 0 Å². The maximum absolute atomic E-state index is 12.6. The van der Waals surface area contributed by atoms with Crippen LogP contribution < -0.4 is 0 Å². The molecule has 0 aliphatic carbocycles. The van der Waals surface area contributed by atoms with Crippen molar-refractivity contribution in [3.8, 4) is 0 Å². The van der Waals surface area contributed by atoms with Crippen LogP contribution in [0.2, 0.25) is 0 Å². The zero-order valence-corrected chi connectivity index (χ0v) is 7.23. The molecule has 2 nitrogen and oxygen atoms in total. The summed E-state index contributed by atoms with van der Waals surface area (Å²) < 4.78 is 12.6. The molecule has 60 valence electrons. The number of hydrogen-bond donors (Lipinski definition) is 0. The standard InChI is InChI=1S/C7H9FN2S/c1-5(8)6-3-9-7(11-2)10-4-6/h3-5H,1-2H3. The lowest BCUT2D eigenvalue weighted by Gasteiger charge is -2.00. The van der Waals surface area contributed by atoms with Gasteiger partial charge in [-0.2, -0.15) is 0 Å². The predicted molar refractivity (Wildman–Crippen MR) is 43.3 cm³/mol. The van der Waals surface area contributed by atoms with Gasteiger partial charge in [0.25, 0.3) is 0 Å². The molecule has 0 amide bonds. The van der Waals surface area contributed by atoms with Crippen LogP contribution in [-0.4, -0.2) is 16.2 Å². The highest BCUT2D eigenvalue weighted by atomic mass is 32.2. The Morgan fingerprint density at radius 3 is 2.36 bits per heavy atom. The van der Waals surface area contributed by atoms with E-state index in [4.69, 9.17) is 0 Å². The molecule has 1 unspecified atom stereocenters. The lowest BCUT2D eigenvalue weighted by Crippen LogP contribution is -1.91. The second kappa shape index (κ2) is 3.67. The summed E-state index contributed by atoms with van der Waals surface area (Å²) in [6.45, 7) is 1.47. The number of halogens is 1. The van der Waals surface area contributed by atoms with Gasteiger partial charge in [-0.15, -0.1) is 0 Å². The van der Waals surface area contributed by atoms with Gasteiger partial charge in [-0.1, -0.05) is 11.8 Å². The first-order valence-corrected chi connectivity index (χ1v) is 4.46. The van der Waals surface area contributed by atoms with Crippen LogP contribution in [0.4, 0.5) is 4.39 Å². The summed E-state index contributed by atoms with van der Waals surface area (Å²) in [5.74, 6) is 0. The molecule has 0 saturated heterocycles. The van der Waals surface area contributed by atoms with E-state index in [1.165, 1.54) is 31.1 Å². The summed E-state index contributed by atoms with van der Waals surface area (Å²) in [6, 6.07) is 0. The van der Waals surface area contributed by atoms with E-state index >= 15 is 0 Å². The van der Waals surface area contributed by atoms with Gasteiger partial charge in [0, 0.05) is 18.0 Å². The molecule has 1 heterocycles. The van der Waals surface area contributed by atoms with E-state index in [-0.39, 0.29) is 0 Å². The molecule has 0 spiro atoms. The first kappa shape index (κ1) is 8.46. The minimum Gasteiger partial charge on any atom is -0.242 e. The van der Waals surface area contributed by atoms with Gasteiger partial charge in [-0.05, 0) is 13.2 Å². The Bertz CT molecular complexity index is 222. The number of rotatable bonds is 2. The average Bonchev–Trinajstić information content (AvgIpc) is 2.05. The second-order valence-electron chi connectivity index (χ2n) is 2.12. The van der Waals surface area contributed by atoms with Crippen LogP contribution in [-0.2, 0) is 0 Å². The Balaban J connectivity index is 2.83. The summed E-state index contributed by atoms with van der Waals surface area (Å²) in [5, 5.41) is 0.675. The fourth-order valence-electron chi connectivity index (χ4n) is 0.637. The number of thioether (sulfide) groups is 1. The van der Waals surface area contributed by atoms with E-state index in [0.29, 0.717) is 10.7 Å². The van der Waals surface area contributed by atoms with Gasteiger partial charge in [0.15, 0.2) is 5.16 Å². The second-order valence-corrected chi connectivity index (χ2v) is 2.89. The maximum atomic E-state index is 12.6. The molecule has 0 aromatic carbocycles. The lowest BCUT2D eigenvalue weighted by molar-refractivity contribution is 0.371. The molecule has 0 bridgehead atoms. The number of alkyl halides is 1. The summed E-state index contributed by atoms with van der Waals surface area (Å²) in [4.78, 5) is 7.86. The van der Waals surface area contributed by atoms with Gasteiger partial charge in [-0.3, -0.25) is 0 Å². The zero-order valence-electron chi connectivity index (χ0n) is 6.41. The largest absolute Gasteiger partial charge is 0.242 e. The van der Waals surface area contributed by atoms with E-state index in [9.17, 15) is 4.39 Å². The van der Waals surface area contributed by atoms with Crippen LogP contribution in [0.1, 0.15) is 18.7 Å². The summed E-state index contributed by atoms with van der Waals surface area (Å²) in [7, 11) is 0. The van der Waals surface area contributed by atoms with Gasteiger partial charge in [-0.25, -0.2) is 14.4 Å². The molecule has 1 atom stereocenters. The minimum absolute atomic E-state index is 0.530. The van der Waals surface area contributed by atoms with Crippen LogP contribution >= 0.6 is 11.8 Å². The third-order valence-corrected chi connectivity index (χ3v) is 1.87. The molecule has 0 radical (unpaired) electrons. The monoisotopic (exact) mass is 172 g/mol. The minimum atomic E-state index is -0.981. The number of aromatic nitrogens is 2. The molecule has 0 saturated carbocycles. The van der Waals surface area contributed by atoms with Gasteiger partial charge in [0.05, 0.1) is 0 Å². The summed E-state index contributed by atoms with van der Waals surface area (Å²) >= 11 is 1.44. The summed E-state index contributed by atoms with van der Waals surface area (Å²) in [6.07, 6.45) is 3.94. The van der Waals surface area contributed by atoms with Gasteiger partial charge >= 0.3 is 0 Å². The zero-order chi connectivity index (χ0) is 8.27. The topological polar surface area (TPSA) is 25.8 Å². The van der Waals surface area contributed by atoms with Gasteiger partial charge < -0.3 is 0 Å². The molecule has 0 aliphatic rings. The number of hydrogen-bond acceptors (Lipinski definition) is 3. The Morgan fingerprint density at radius 1 is 1.45 bits per heavy atom. The van der Waals surface area contributed by atoms with E-state index in [1.807, 2.05) is 6.26 Å². The normalized spacial score (nSPS) is 13.0. The molecule has 11 heavy (non-hydrogen) atoms. The maximum Gasteiger partial charge on any atom is 0.187 e. The Kier molecular flexibility index (Phi) is 2.82. The third kappa shape index (κ3) is 2.15. The van der Waals surface area contributed by atoms with Crippen molar-refractivity contribution in [3.05, 3.63) is 18.0 Å². The molecular formula is C7H9FN2S. The highest BCUT2D eigenvalue weighted by Crippen LogP contribution is 2.15. The molecule has 0 N–H and O–H groups in total. The SMILES string of the molecule is CSc1ncc(C(C)F)cn1. The van der Waals surface area contributed by atoms with Crippen LogP contribution in [0.15, 0.2) is 17.6 Å². The average molecular weight is 172 g/mol. The van der Waals surface area contributed by atoms with Crippen molar-refractivity contribution in [2.45, 2.75) is 18.3 Å². The van der Waals surface area contributed by atoms with Crippen molar-refractivity contribution in [1.82, 2.24) is 9.97 Å². The lowest BCUT2D eigenvalue weighted by atomic mass is 10.2. The fourth-order valence-corrected chi connectivity index (χ4v) is 0.953. The van der Waals surface area contributed by atoms with E-state index in [0.717, 1.165) is 0 Å². The highest BCUT2D eigenvalue weighted by molar-refractivity contribution is 7.98. The molecule has 1 rings (SSSR count). The molecule has 4 heteroatoms. The number of nitrogens with zero attached hydrogens (tertiary/aromatic N) is 2. The molecular weight excluding hydrogens is 163 g/mol. The van der Waals surface area contributed by atoms with E-state index < -0.39 is 6.17 Å². The fraction of sp³-hybridized carbons (Fsp3) is 0.429. The molecule has 0 fully saturated rings. The third-order valence-electron chi connectivity index (χ3n) is 1.29. The summed E-state index contributed by atoms with van der Waals surface area (Å²) in [5.41, 5.74) is 0.530. The molecule has 1 aromatic rings. The van der Waals surface area contributed by atoms with Crippen molar-refractivity contribution < 1.29 is 4.39 Å². The van der Waals surface area contributed by atoms with Crippen LogP contribution in [0.3, 0.4) is 0 Å².